The lowest BCUT2D eigenvalue weighted by Gasteiger charge is -2.07. The Morgan fingerprint density at radius 3 is 2.48 bits per heavy atom. The van der Waals surface area contributed by atoms with Crippen LogP contribution in [0.2, 0.25) is 5.02 Å². The van der Waals surface area contributed by atoms with Crippen molar-refractivity contribution in [1.82, 2.24) is 20.4 Å². The van der Waals surface area contributed by atoms with Crippen molar-refractivity contribution in [3.05, 3.63) is 53.4 Å². The van der Waals surface area contributed by atoms with E-state index in [2.05, 4.69) is 20.4 Å². The molecule has 0 radical (unpaired) electrons. The second kappa shape index (κ2) is 8.54. The molecule has 0 aliphatic heterocycles. The van der Waals surface area contributed by atoms with Gasteiger partial charge in [0.1, 0.15) is 0 Å². The number of methoxy groups -OCH3 is 2. The van der Waals surface area contributed by atoms with E-state index in [9.17, 15) is 0 Å². The van der Waals surface area contributed by atoms with Crippen LogP contribution in [-0.2, 0) is 5.75 Å². The molecule has 8 nitrogen and oxygen atoms in total. The Morgan fingerprint density at radius 2 is 1.69 bits per heavy atom. The molecule has 148 valence electrons. The van der Waals surface area contributed by atoms with Crippen LogP contribution in [-0.4, -0.2) is 34.6 Å². The molecule has 4 aromatic rings. The Kier molecular flexibility index (Phi) is 5.68. The predicted molar refractivity (Wildman–Crippen MR) is 107 cm³/mol. The van der Waals surface area contributed by atoms with Gasteiger partial charge in [0.05, 0.1) is 30.6 Å². The van der Waals surface area contributed by atoms with Crippen LogP contribution in [0.15, 0.2) is 56.5 Å². The molecular formula is C19H15ClN4O4S. The normalized spacial score (nSPS) is 10.9. The number of aromatic nitrogens is 4. The smallest absolute Gasteiger partial charge is 0.277 e. The first-order valence-corrected chi connectivity index (χ1v) is 9.80. The van der Waals surface area contributed by atoms with Gasteiger partial charge in [0.15, 0.2) is 11.5 Å². The number of thioether (sulfide) groups is 1. The molecule has 0 spiro atoms. The predicted octanol–water partition coefficient (Wildman–Crippen LogP) is 4.75. The van der Waals surface area contributed by atoms with E-state index in [0.717, 1.165) is 5.56 Å². The van der Waals surface area contributed by atoms with Gasteiger partial charge in [0, 0.05) is 5.56 Å². The molecule has 29 heavy (non-hydrogen) atoms. The van der Waals surface area contributed by atoms with Gasteiger partial charge in [0.25, 0.3) is 5.22 Å². The summed E-state index contributed by atoms with van der Waals surface area (Å²) in [5, 5.41) is 17.1. The summed E-state index contributed by atoms with van der Waals surface area (Å²) in [5.74, 6) is 2.74. The second-order valence-electron chi connectivity index (χ2n) is 5.71. The zero-order valence-corrected chi connectivity index (χ0v) is 17.0. The molecule has 0 atom stereocenters. The minimum atomic E-state index is 0.364. The number of hydrogen-bond donors (Lipinski definition) is 0. The van der Waals surface area contributed by atoms with Gasteiger partial charge in [0.2, 0.25) is 17.7 Å². The van der Waals surface area contributed by atoms with Crippen molar-refractivity contribution in [2.45, 2.75) is 11.0 Å². The number of rotatable bonds is 7. The Hall–Kier alpha value is -3.04. The maximum Gasteiger partial charge on any atom is 0.277 e. The molecule has 0 aliphatic carbocycles. The lowest BCUT2D eigenvalue weighted by molar-refractivity contribution is 0.355. The lowest BCUT2D eigenvalue weighted by atomic mass is 10.2. The zero-order valence-electron chi connectivity index (χ0n) is 15.5. The van der Waals surface area contributed by atoms with Crippen molar-refractivity contribution >= 4 is 23.4 Å². The van der Waals surface area contributed by atoms with E-state index in [1.807, 2.05) is 24.3 Å². The fourth-order valence-electron chi connectivity index (χ4n) is 2.53. The van der Waals surface area contributed by atoms with Gasteiger partial charge in [-0.15, -0.1) is 20.4 Å². The minimum Gasteiger partial charge on any atom is -0.493 e. The second-order valence-corrected chi connectivity index (χ2v) is 7.05. The molecule has 4 rings (SSSR count). The zero-order chi connectivity index (χ0) is 20.2. The van der Waals surface area contributed by atoms with Crippen molar-refractivity contribution in [3.8, 4) is 34.4 Å². The average molecular weight is 431 g/mol. The van der Waals surface area contributed by atoms with Crippen molar-refractivity contribution < 1.29 is 18.3 Å². The molecule has 0 saturated heterocycles. The molecular weight excluding hydrogens is 416 g/mol. The minimum absolute atomic E-state index is 0.364. The summed E-state index contributed by atoms with van der Waals surface area (Å²) >= 11 is 7.45. The first-order chi connectivity index (χ1) is 14.2. The Morgan fingerprint density at radius 1 is 0.897 bits per heavy atom. The first kappa shape index (κ1) is 19.3. The van der Waals surface area contributed by atoms with Gasteiger partial charge in [-0.05, 0) is 30.3 Å². The van der Waals surface area contributed by atoms with E-state index in [1.165, 1.54) is 11.8 Å². The maximum absolute atomic E-state index is 6.16. The summed E-state index contributed by atoms with van der Waals surface area (Å²) in [6.07, 6.45) is 0. The monoisotopic (exact) mass is 430 g/mol. The highest BCUT2D eigenvalue weighted by molar-refractivity contribution is 7.98. The molecule has 2 aromatic carbocycles. The highest BCUT2D eigenvalue weighted by Gasteiger charge is 2.15. The van der Waals surface area contributed by atoms with E-state index >= 15 is 0 Å². The van der Waals surface area contributed by atoms with Gasteiger partial charge >= 0.3 is 0 Å². The van der Waals surface area contributed by atoms with Crippen molar-refractivity contribution in [1.29, 1.82) is 0 Å². The van der Waals surface area contributed by atoms with E-state index in [-0.39, 0.29) is 0 Å². The van der Waals surface area contributed by atoms with Crippen LogP contribution in [0.5, 0.6) is 11.5 Å². The SMILES string of the molecule is COc1ccc(-c2nnc(SCc3nnc(-c4ccccc4Cl)o3)o2)cc1OC. The molecule has 2 aromatic heterocycles. The van der Waals surface area contributed by atoms with Gasteiger partial charge in [-0.25, -0.2) is 0 Å². The Bertz CT molecular complexity index is 1130. The summed E-state index contributed by atoms with van der Waals surface area (Å²) in [7, 11) is 3.14. The quantitative estimate of drug-likeness (QED) is 0.384. The Balaban J connectivity index is 1.45. The number of ether oxygens (including phenoxy) is 2. The van der Waals surface area contributed by atoms with Gasteiger partial charge < -0.3 is 18.3 Å². The van der Waals surface area contributed by atoms with Crippen LogP contribution in [0.25, 0.3) is 22.9 Å². The van der Waals surface area contributed by atoms with E-state index in [4.69, 9.17) is 29.9 Å². The van der Waals surface area contributed by atoms with E-state index in [1.54, 1.807) is 32.4 Å². The molecule has 0 aliphatic rings. The van der Waals surface area contributed by atoms with Gasteiger partial charge in [-0.1, -0.05) is 35.5 Å². The van der Waals surface area contributed by atoms with Gasteiger partial charge in [-0.3, -0.25) is 0 Å². The maximum atomic E-state index is 6.16. The molecule has 0 amide bonds. The molecule has 0 fully saturated rings. The molecule has 10 heteroatoms. The number of benzene rings is 2. The summed E-state index contributed by atoms with van der Waals surface area (Å²) in [6.45, 7) is 0. The molecule has 0 N–H and O–H groups in total. The van der Waals surface area contributed by atoms with Gasteiger partial charge in [-0.2, -0.15) is 0 Å². The number of halogens is 1. The largest absolute Gasteiger partial charge is 0.493 e. The topological polar surface area (TPSA) is 96.3 Å². The summed E-state index contributed by atoms with van der Waals surface area (Å²) in [6, 6.07) is 12.6. The molecule has 2 heterocycles. The number of nitrogens with zero attached hydrogens (tertiary/aromatic N) is 4. The third-order valence-corrected chi connectivity index (χ3v) is 5.06. The van der Waals surface area contributed by atoms with Crippen LogP contribution in [0.3, 0.4) is 0 Å². The van der Waals surface area contributed by atoms with Crippen LogP contribution in [0.4, 0.5) is 0 Å². The standard InChI is InChI=1S/C19H15ClN4O4S/c1-25-14-8-7-11(9-15(14)26-2)17-22-24-19(28-17)29-10-16-21-23-18(27-16)12-5-3-4-6-13(12)20/h3-9H,10H2,1-2H3. The van der Waals surface area contributed by atoms with E-state index < -0.39 is 0 Å². The van der Waals surface area contributed by atoms with Crippen molar-refractivity contribution in [2.75, 3.05) is 14.2 Å². The van der Waals surface area contributed by atoms with Crippen LogP contribution in [0.1, 0.15) is 5.89 Å². The fourth-order valence-corrected chi connectivity index (χ4v) is 3.35. The average Bonchev–Trinajstić information content (AvgIpc) is 3.42. The third kappa shape index (κ3) is 4.20. The lowest BCUT2D eigenvalue weighted by Crippen LogP contribution is -1.90. The molecule has 0 saturated carbocycles. The number of hydrogen-bond acceptors (Lipinski definition) is 9. The van der Waals surface area contributed by atoms with Crippen molar-refractivity contribution in [3.63, 3.8) is 0 Å². The first-order valence-electron chi connectivity index (χ1n) is 8.44. The van der Waals surface area contributed by atoms with Crippen LogP contribution in [0, 0.1) is 0 Å². The van der Waals surface area contributed by atoms with Crippen LogP contribution >= 0.6 is 23.4 Å². The summed E-state index contributed by atoms with van der Waals surface area (Å²) in [5.41, 5.74) is 1.41. The van der Waals surface area contributed by atoms with Crippen LogP contribution < -0.4 is 9.47 Å². The highest BCUT2D eigenvalue weighted by atomic mass is 35.5. The van der Waals surface area contributed by atoms with Crippen molar-refractivity contribution in [2.24, 2.45) is 0 Å². The molecule has 0 unspecified atom stereocenters. The Labute approximate surface area is 175 Å². The fraction of sp³-hybridized carbons (Fsp3) is 0.158. The van der Waals surface area contributed by atoms with E-state index in [0.29, 0.717) is 50.7 Å². The summed E-state index contributed by atoms with van der Waals surface area (Å²) in [4.78, 5) is 0. The summed E-state index contributed by atoms with van der Waals surface area (Å²) < 4.78 is 21.9. The molecule has 0 bridgehead atoms. The third-order valence-electron chi connectivity index (χ3n) is 3.93. The highest BCUT2D eigenvalue weighted by Crippen LogP contribution is 2.33.